The molecule has 0 spiro atoms. The summed E-state index contributed by atoms with van der Waals surface area (Å²) in [6.07, 6.45) is 9.98. The molecule has 3 aromatic heterocycles. The van der Waals surface area contributed by atoms with Crippen LogP contribution in [0.25, 0.3) is 33.8 Å². The average Bonchev–Trinajstić information content (AvgIpc) is 1.01. The van der Waals surface area contributed by atoms with E-state index in [1.807, 2.05) is 161 Å². The van der Waals surface area contributed by atoms with Crippen LogP contribution in [0.5, 0.6) is 0 Å². The van der Waals surface area contributed by atoms with Crippen LogP contribution in [-0.4, -0.2) is 132 Å². The van der Waals surface area contributed by atoms with E-state index in [-0.39, 0.29) is 68.6 Å². The van der Waals surface area contributed by atoms with E-state index in [0.29, 0.717) is 73.8 Å². The SMILES string of the molecule is Cc1ncc(-c2ccc(C(=O)NC3CCN(C)CC3)cc2)nc1C(=O)Nc1ccccc1.Cc1ncc(-c2cccc(C(=O)N3CCC(C)C3)c2)nc1C(=O)Nc1ccccc1.Cc1ncc(-c2cccc(C(=O)N3CCCC3)c2)nc1C(=O)Nc1ccccc1.[HH].[HH].[HH].[HH].[HH].[HH].[HH]. The van der Waals surface area contributed by atoms with Gasteiger partial charge in [-0.25, -0.2) is 15.0 Å². The van der Waals surface area contributed by atoms with E-state index in [4.69, 9.17) is 0 Å². The monoisotopic (exact) mass is 1230 g/mol. The van der Waals surface area contributed by atoms with E-state index in [9.17, 15) is 28.8 Å². The third kappa shape index (κ3) is 16.7. The molecular weight excluding hydrogens is 1140 g/mol. The van der Waals surface area contributed by atoms with E-state index in [1.165, 1.54) is 0 Å². The lowest BCUT2D eigenvalue weighted by atomic mass is 10.0. The maximum atomic E-state index is 12.8. The van der Waals surface area contributed by atoms with Crippen LogP contribution in [0.1, 0.15) is 129 Å². The molecular formula is C72H87N13O6. The van der Waals surface area contributed by atoms with Crippen LogP contribution < -0.4 is 21.3 Å². The number of aryl methyl sites for hydroxylation is 3. The van der Waals surface area contributed by atoms with Crippen LogP contribution in [0.15, 0.2) is 182 Å². The second-order valence-corrected chi connectivity index (χ2v) is 23.0. The molecule has 476 valence electrons. The molecule has 0 bridgehead atoms. The Hall–Kier alpha value is -10.7. The van der Waals surface area contributed by atoms with Crippen molar-refractivity contribution in [2.24, 2.45) is 5.92 Å². The van der Waals surface area contributed by atoms with Gasteiger partial charge in [0.05, 0.1) is 52.8 Å². The Bertz CT molecular complexity index is 4080. The molecule has 6 heterocycles. The number of rotatable bonds is 13. The molecule has 3 aliphatic rings. The maximum absolute atomic E-state index is 12.8. The molecule has 0 saturated carbocycles. The van der Waals surface area contributed by atoms with Crippen molar-refractivity contribution in [3.8, 4) is 33.8 Å². The number of piperidine rings is 1. The van der Waals surface area contributed by atoms with Crippen molar-refractivity contribution in [1.82, 2.24) is 49.9 Å². The van der Waals surface area contributed by atoms with Gasteiger partial charge in [0.15, 0.2) is 0 Å². The molecule has 1 unspecified atom stereocenters. The number of nitrogens with one attached hydrogen (secondary N) is 4. The number of anilines is 3. The van der Waals surface area contributed by atoms with Crippen molar-refractivity contribution in [2.45, 2.75) is 65.8 Å². The summed E-state index contributed by atoms with van der Waals surface area (Å²) in [6, 6.07) is 49.9. The molecule has 19 nitrogen and oxygen atoms in total. The number of carbonyl (C=O) groups is 6. The van der Waals surface area contributed by atoms with Crippen LogP contribution in [0.4, 0.5) is 17.1 Å². The first-order chi connectivity index (χ1) is 44.1. The van der Waals surface area contributed by atoms with Gasteiger partial charge in [0.25, 0.3) is 35.4 Å². The summed E-state index contributed by atoms with van der Waals surface area (Å²) in [6.45, 7) is 12.6. The topological polar surface area (TPSA) is 238 Å². The second-order valence-electron chi connectivity index (χ2n) is 23.0. The Morgan fingerprint density at radius 2 is 0.835 bits per heavy atom. The molecule has 19 heteroatoms. The van der Waals surface area contributed by atoms with Crippen molar-refractivity contribution in [2.75, 3.05) is 62.3 Å². The van der Waals surface area contributed by atoms with E-state index in [1.54, 1.807) is 51.5 Å². The van der Waals surface area contributed by atoms with Gasteiger partial charge < -0.3 is 36.0 Å². The molecule has 91 heavy (non-hydrogen) atoms. The summed E-state index contributed by atoms with van der Waals surface area (Å²) < 4.78 is 0. The van der Waals surface area contributed by atoms with E-state index >= 15 is 0 Å². The van der Waals surface area contributed by atoms with Crippen molar-refractivity contribution < 1.29 is 38.8 Å². The summed E-state index contributed by atoms with van der Waals surface area (Å²) in [4.78, 5) is 109. The molecule has 0 aliphatic carbocycles. The lowest BCUT2D eigenvalue weighted by molar-refractivity contribution is 0.0782. The number of nitrogens with zero attached hydrogens (tertiary/aromatic N) is 9. The van der Waals surface area contributed by atoms with Crippen molar-refractivity contribution in [3.05, 3.63) is 233 Å². The van der Waals surface area contributed by atoms with Gasteiger partial charge in [-0.1, -0.05) is 97.9 Å². The molecule has 9 aromatic rings. The molecule has 3 fully saturated rings. The summed E-state index contributed by atoms with van der Waals surface area (Å²) in [5.41, 5.74) is 10.4. The number of benzene rings is 6. The van der Waals surface area contributed by atoms with E-state index in [2.05, 4.69) is 70.0 Å². The largest absolute Gasteiger partial charge is 0.349 e. The summed E-state index contributed by atoms with van der Waals surface area (Å²) in [7, 11) is 2.10. The van der Waals surface area contributed by atoms with Crippen LogP contribution in [0.2, 0.25) is 0 Å². The molecule has 6 amide bonds. The van der Waals surface area contributed by atoms with Gasteiger partial charge in [-0.15, -0.1) is 0 Å². The minimum absolute atomic E-state index is 0. The standard InChI is InChI=1S/C25H27N5O2.C24H24N4O2.C23H22N4O2.7H2/c1-17-23(25(32)28-20-6-4-3-5-7-20)29-22(16-26-17)18-8-10-19(11-9-18)24(31)27-21-12-14-30(2)15-13-21;1-16-11-12-28(15-16)24(30)19-8-6-7-18(13-19)21-14-25-17(2)22(27-21)23(29)26-20-9-4-3-5-10-20;1-16-21(22(28)25-19-10-3-2-4-11-19)26-20(15-24-16)17-8-7-9-18(14-17)23(29)27-12-5-6-13-27;;;;;;;/h3-11,16,21H,12-15H2,1-2H3,(H,27,31)(H,28,32);3-10,13-14,16H,11-12,15H2,1-2H3,(H,26,29);2-4,7-11,14-15H,5-6,12-13H2,1H3,(H,25,28);7*1H. The predicted molar refractivity (Wildman–Crippen MR) is 367 cm³/mol. The normalized spacial score (nSPS) is 14.6. The van der Waals surface area contributed by atoms with Crippen LogP contribution in [0, 0.1) is 26.7 Å². The Labute approximate surface area is 540 Å². The Kier molecular flexibility index (Phi) is 20.9. The summed E-state index contributed by atoms with van der Waals surface area (Å²) in [5.74, 6) is -0.402. The first-order valence-electron chi connectivity index (χ1n) is 30.6. The fraction of sp³-hybridized carbons (Fsp3) is 0.250. The zero-order valence-electron chi connectivity index (χ0n) is 51.7. The zero-order valence-corrected chi connectivity index (χ0v) is 51.7. The molecule has 4 N–H and O–H groups in total. The zero-order chi connectivity index (χ0) is 63.8. The molecule has 3 aliphatic heterocycles. The fourth-order valence-electron chi connectivity index (χ4n) is 10.8. The van der Waals surface area contributed by atoms with Gasteiger partial charge in [-0.05, 0) is 152 Å². The molecule has 3 saturated heterocycles. The van der Waals surface area contributed by atoms with E-state index in [0.717, 1.165) is 88.1 Å². The number of carbonyl (C=O) groups excluding carboxylic acids is 6. The first-order valence-corrected chi connectivity index (χ1v) is 30.6. The Morgan fingerprint density at radius 3 is 1.24 bits per heavy atom. The lowest BCUT2D eigenvalue weighted by Gasteiger charge is -2.29. The Balaban J connectivity index is 0.000000370. The second kappa shape index (κ2) is 30.0. The van der Waals surface area contributed by atoms with Crippen LogP contribution in [0.3, 0.4) is 0 Å². The highest BCUT2D eigenvalue weighted by Crippen LogP contribution is 2.26. The van der Waals surface area contributed by atoms with Gasteiger partial charge in [-0.2, -0.15) is 0 Å². The number of hydrogen-bond donors (Lipinski definition) is 4. The van der Waals surface area contributed by atoms with E-state index < -0.39 is 0 Å². The highest BCUT2D eigenvalue weighted by atomic mass is 16.2. The predicted octanol–water partition coefficient (Wildman–Crippen LogP) is 13.4. The quantitative estimate of drug-likeness (QED) is 0.0841. The van der Waals surface area contributed by atoms with Crippen LogP contribution in [-0.2, 0) is 0 Å². The smallest absolute Gasteiger partial charge is 0.276 e. The number of amides is 6. The van der Waals surface area contributed by atoms with Gasteiger partial charge in [0, 0.05) is 92.7 Å². The minimum Gasteiger partial charge on any atom is -0.349 e. The van der Waals surface area contributed by atoms with Gasteiger partial charge in [-0.3, -0.25) is 43.7 Å². The number of likely N-dealkylation sites (tertiary alicyclic amines) is 3. The van der Waals surface area contributed by atoms with Crippen molar-refractivity contribution >= 4 is 52.5 Å². The van der Waals surface area contributed by atoms with Gasteiger partial charge in [0.1, 0.15) is 17.1 Å². The highest BCUT2D eigenvalue weighted by molar-refractivity contribution is 6.05. The number of aromatic nitrogens is 6. The first kappa shape index (κ1) is 63.4. The lowest BCUT2D eigenvalue weighted by Crippen LogP contribution is -2.43. The van der Waals surface area contributed by atoms with Crippen molar-refractivity contribution in [3.63, 3.8) is 0 Å². The average molecular weight is 1230 g/mol. The molecule has 6 aromatic carbocycles. The van der Waals surface area contributed by atoms with Gasteiger partial charge >= 0.3 is 0 Å². The third-order valence-corrected chi connectivity index (χ3v) is 16.0. The molecule has 1 atom stereocenters. The number of para-hydroxylation sites is 3. The molecule has 12 rings (SSSR count). The van der Waals surface area contributed by atoms with Crippen LogP contribution >= 0.6 is 0 Å². The minimum atomic E-state index is -0.314. The van der Waals surface area contributed by atoms with Gasteiger partial charge in [0.2, 0.25) is 0 Å². The molecule has 0 radical (unpaired) electrons. The fourth-order valence-corrected chi connectivity index (χ4v) is 10.8. The summed E-state index contributed by atoms with van der Waals surface area (Å²) in [5, 5.41) is 11.7. The van der Waals surface area contributed by atoms with Crippen molar-refractivity contribution in [1.29, 1.82) is 0 Å². The Morgan fingerprint density at radius 1 is 0.429 bits per heavy atom. The number of hydrogen-bond acceptors (Lipinski definition) is 13. The maximum Gasteiger partial charge on any atom is 0.276 e. The summed E-state index contributed by atoms with van der Waals surface area (Å²) >= 11 is 0. The third-order valence-electron chi connectivity index (χ3n) is 16.0. The highest BCUT2D eigenvalue weighted by Gasteiger charge is 2.26.